The Bertz CT molecular complexity index is 495. The Balaban J connectivity index is 2.12. The maximum absolute atomic E-state index is 11.9. The molecular formula is C16H23IN2O3. The van der Waals surface area contributed by atoms with Crippen LogP contribution in [0.3, 0.4) is 0 Å². The Labute approximate surface area is 145 Å². The van der Waals surface area contributed by atoms with Gasteiger partial charge in [-0.3, -0.25) is 4.79 Å². The second-order valence-electron chi connectivity index (χ2n) is 5.90. The molecule has 0 bridgehead atoms. The number of rotatable bonds is 6. The van der Waals surface area contributed by atoms with Crippen molar-refractivity contribution in [1.29, 1.82) is 0 Å². The fourth-order valence-corrected chi connectivity index (χ4v) is 2.02. The first-order valence-electron chi connectivity index (χ1n) is 7.28. The molecule has 0 saturated heterocycles. The molecule has 0 atom stereocenters. The van der Waals surface area contributed by atoms with Crippen molar-refractivity contribution in [3.63, 3.8) is 0 Å². The lowest BCUT2D eigenvalue weighted by Crippen LogP contribution is -2.33. The summed E-state index contributed by atoms with van der Waals surface area (Å²) in [6.07, 6.45) is 1.17. The van der Waals surface area contributed by atoms with Crippen LogP contribution in [0.2, 0.25) is 0 Å². The van der Waals surface area contributed by atoms with Crippen molar-refractivity contribution in [1.82, 2.24) is 10.6 Å². The predicted octanol–water partition coefficient (Wildman–Crippen LogP) is 3.33. The van der Waals surface area contributed by atoms with Crippen molar-refractivity contribution in [2.75, 3.05) is 13.1 Å². The number of halogens is 1. The molecule has 0 unspecified atom stereocenters. The summed E-state index contributed by atoms with van der Waals surface area (Å²) in [5, 5.41) is 5.55. The summed E-state index contributed by atoms with van der Waals surface area (Å²) in [7, 11) is 0. The molecule has 0 aliphatic carbocycles. The van der Waals surface area contributed by atoms with Crippen LogP contribution in [0.15, 0.2) is 24.3 Å². The zero-order valence-electron chi connectivity index (χ0n) is 13.2. The minimum absolute atomic E-state index is 0.0727. The van der Waals surface area contributed by atoms with Crippen LogP contribution < -0.4 is 10.6 Å². The van der Waals surface area contributed by atoms with Gasteiger partial charge in [-0.05, 0) is 80.5 Å². The van der Waals surface area contributed by atoms with E-state index in [0.29, 0.717) is 18.7 Å². The van der Waals surface area contributed by atoms with Gasteiger partial charge in [-0.1, -0.05) is 0 Å². The van der Waals surface area contributed by atoms with Crippen molar-refractivity contribution in [3.8, 4) is 0 Å². The standard InChI is InChI=1S/C16H23IN2O3/c1-16(2,3)22-15(21)19-11-5-4-10-18-14(20)12-6-8-13(17)9-7-12/h6-9H,4-5,10-11H2,1-3H3,(H,18,20)(H,19,21). The highest BCUT2D eigenvalue weighted by Gasteiger charge is 2.15. The first kappa shape index (κ1) is 18.7. The number of benzene rings is 1. The highest BCUT2D eigenvalue weighted by Crippen LogP contribution is 2.07. The van der Waals surface area contributed by atoms with Gasteiger partial charge in [0.25, 0.3) is 5.91 Å². The molecule has 1 aromatic rings. The van der Waals surface area contributed by atoms with Crippen LogP contribution in [-0.4, -0.2) is 30.7 Å². The Kier molecular flexibility index (Phi) is 7.64. The van der Waals surface area contributed by atoms with Gasteiger partial charge < -0.3 is 15.4 Å². The molecule has 0 aromatic heterocycles. The average Bonchev–Trinajstić information content (AvgIpc) is 2.41. The zero-order chi connectivity index (χ0) is 16.6. The quantitative estimate of drug-likeness (QED) is 0.550. The Morgan fingerprint density at radius 3 is 2.14 bits per heavy atom. The molecule has 0 aliphatic heterocycles. The van der Waals surface area contributed by atoms with Crippen LogP contribution in [0.25, 0.3) is 0 Å². The van der Waals surface area contributed by atoms with Gasteiger partial charge in [0.2, 0.25) is 0 Å². The van der Waals surface area contributed by atoms with Crippen molar-refractivity contribution in [2.45, 2.75) is 39.2 Å². The third kappa shape index (κ3) is 8.21. The van der Waals surface area contributed by atoms with E-state index in [1.54, 1.807) is 12.1 Å². The van der Waals surface area contributed by atoms with E-state index in [0.717, 1.165) is 16.4 Å². The van der Waals surface area contributed by atoms with Crippen LogP contribution in [0.5, 0.6) is 0 Å². The molecular weight excluding hydrogens is 395 g/mol. The second kappa shape index (κ2) is 8.97. The van der Waals surface area contributed by atoms with E-state index in [1.807, 2.05) is 32.9 Å². The molecule has 2 amide bonds. The molecule has 0 saturated carbocycles. The number of hydrogen-bond donors (Lipinski definition) is 2. The monoisotopic (exact) mass is 418 g/mol. The lowest BCUT2D eigenvalue weighted by molar-refractivity contribution is 0.0526. The molecule has 122 valence electrons. The smallest absolute Gasteiger partial charge is 0.407 e. The van der Waals surface area contributed by atoms with Crippen LogP contribution in [0.4, 0.5) is 4.79 Å². The van der Waals surface area contributed by atoms with E-state index in [9.17, 15) is 9.59 Å². The first-order chi connectivity index (χ1) is 10.3. The Morgan fingerprint density at radius 1 is 1.05 bits per heavy atom. The molecule has 0 fully saturated rings. The van der Waals surface area contributed by atoms with E-state index in [4.69, 9.17) is 4.74 Å². The van der Waals surface area contributed by atoms with E-state index >= 15 is 0 Å². The second-order valence-corrected chi connectivity index (χ2v) is 7.14. The van der Waals surface area contributed by atoms with Gasteiger partial charge in [-0.2, -0.15) is 0 Å². The molecule has 5 nitrogen and oxygen atoms in total. The summed E-state index contributed by atoms with van der Waals surface area (Å²) >= 11 is 2.20. The van der Waals surface area contributed by atoms with Gasteiger partial charge in [0.1, 0.15) is 5.60 Å². The molecule has 0 spiro atoms. The molecule has 6 heteroatoms. The average molecular weight is 418 g/mol. The lowest BCUT2D eigenvalue weighted by Gasteiger charge is -2.19. The number of carbonyl (C=O) groups excluding carboxylic acids is 2. The molecule has 0 aliphatic rings. The van der Waals surface area contributed by atoms with Gasteiger partial charge in [0.05, 0.1) is 0 Å². The zero-order valence-corrected chi connectivity index (χ0v) is 15.4. The predicted molar refractivity (Wildman–Crippen MR) is 95.0 cm³/mol. The van der Waals surface area contributed by atoms with Crippen LogP contribution in [-0.2, 0) is 4.74 Å². The van der Waals surface area contributed by atoms with Gasteiger partial charge in [-0.15, -0.1) is 0 Å². The number of alkyl carbamates (subject to hydrolysis) is 1. The highest BCUT2D eigenvalue weighted by atomic mass is 127. The third-order valence-corrected chi connectivity index (χ3v) is 3.38. The number of carbonyl (C=O) groups is 2. The van der Waals surface area contributed by atoms with Gasteiger partial charge in [0, 0.05) is 22.2 Å². The van der Waals surface area contributed by atoms with E-state index in [2.05, 4.69) is 33.2 Å². The van der Waals surface area contributed by atoms with Crippen molar-refractivity contribution >= 4 is 34.6 Å². The van der Waals surface area contributed by atoms with E-state index in [1.165, 1.54) is 0 Å². The van der Waals surface area contributed by atoms with E-state index < -0.39 is 11.7 Å². The highest BCUT2D eigenvalue weighted by molar-refractivity contribution is 14.1. The molecule has 22 heavy (non-hydrogen) atoms. The molecule has 0 heterocycles. The number of hydrogen-bond acceptors (Lipinski definition) is 3. The Morgan fingerprint density at radius 2 is 1.59 bits per heavy atom. The normalized spacial score (nSPS) is 10.9. The van der Waals surface area contributed by atoms with Crippen LogP contribution in [0, 0.1) is 3.57 Å². The van der Waals surface area contributed by atoms with Gasteiger partial charge in [-0.25, -0.2) is 4.79 Å². The van der Waals surface area contributed by atoms with Gasteiger partial charge in [0.15, 0.2) is 0 Å². The maximum Gasteiger partial charge on any atom is 0.407 e. The Hall–Kier alpha value is -1.31. The number of nitrogens with one attached hydrogen (secondary N) is 2. The van der Waals surface area contributed by atoms with Gasteiger partial charge >= 0.3 is 6.09 Å². The summed E-state index contributed by atoms with van der Waals surface area (Å²) in [4.78, 5) is 23.3. The van der Waals surface area contributed by atoms with Crippen molar-refractivity contribution in [3.05, 3.63) is 33.4 Å². The minimum Gasteiger partial charge on any atom is -0.444 e. The molecule has 1 rings (SSSR count). The number of amides is 2. The minimum atomic E-state index is -0.481. The number of unbranched alkanes of at least 4 members (excludes halogenated alkanes) is 1. The summed E-state index contributed by atoms with van der Waals surface area (Å²) in [6.45, 7) is 6.60. The largest absolute Gasteiger partial charge is 0.444 e. The number of ether oxygens (including phenoxy) is 1. The molecule has 2 N–H and O–H groups in total. The topological polar surface area (TPSA) is 67.4 Å². The SMILES string of the molecule is CC(C)(C)OC(=O)NCCCCNC(=O)c1ccc(I)cc1. The van der Waals surface area contributed by atoms with Crippen LogP contribution >= 0.6 is 22.6 Å². The molecule has 0 radical (unpaired) electrons. The van der Waals surface area contributed by atoms with Crippen molar-refractivity contribution < 1.29 is 14.3 Å². The van der Waals surface area contributed by atoms with Crippen molar-refractivity contribution in [2.24, 2.45) is 0 Å². The third-order valence-electron chi connectivity index (χ3n) is 2.66. The molecule has 1 aromatic carbocycles. The summed E-state index contributed by atoms with van der Waals surface area (Å²) < 4.78 is 6.23. The fourth-order valence-electron chi connectivity index (χ4n) is 1.66. The maximum atomic E-state index is 11.9. The summed E-state index contributed by atoms with van der Waals surface area (Å²) in [5.74, 6) is -0.0727. The van der Waals surface area contributed by atoms with Crippen LogP contribution in [0.1, 0.15) is 44.0 Å². The summed E-state index contributed by atoms with van der Waals surface area (Å²) in [5.41, 5.74) is 0.179. The summed E-state index contributed by atoms with van der Waals surface area (Å²) in [6, 6.07) is 7.42. The van der Waals surface area contributed by atoms with E-state index in [-0.39, 0.29) is 5.91 Å². The lowest BCUT2D eigenvalue weighted by atomic mass is 10.2. The fraction of sp³-hybridized carbons (Fsp3) is 0.500. The first-order valence-corrected chi connectivity index (χ1v) is 8.36.